The fourth-order valence-corrected chi connectivity index (χ4v) is 5.58. The zero-order valence-corrected chi connectivity index (χ0v) is 16.6. The van der Waals surface area contributed by atoms with Gasteiger partial charge in [-0.1, -0.05) is 28.1 Å². The number of carbonyl (C=O) groups is 1. The molecule has 132 valence electrons. The molecule has 0 bridgehead atoms. The molecule has 2 aromatic carbocycles. The Labute approximate surface area is 163 Å². The molecule has 0 spiro atoms. The van der Waals surface area contributed by atoms with Gasteiger partial charge in [0.2, 0.25) is 0 Å². The lowest BCUT2D eigenvalue weighted by molar-refractivity contribution is -0.118. The van der Waals surface area contributed by atoms with E-state index in [1.165, 1.54) is 35.6 Å². The number of anilines is 1. The van der Waals surface area contributed by atoms with Crippen LogP contribution in [0.2, 0.25) is 0 Å². The van der Waals surface area contributed by atoms with Gasteiger partial charge in [0.05, 0.1) is 4.58 Å². The molecule has 0 aromatic heterocycles. The molecule has 0 saturated carbocycles. The van der Waals surface area contributed by atoms with E-state index in [0.717, 1.165) is 5.69 Å². The summed E-state index contributed by atoms with van der Waals surface area (Å²) in [7, 11) is 0. The second-order valence-electron chi connectivity index (χ2n) is 5.46. The molecule has 0 unspecified atom stereocenters. The SMILES string of the molecule is O=C(COc1ccc(Br)cc1F)Nc1cccc(C2SCCCS2)c1. The molecule has 0 atom stereocenters. The normalized spacial score (nSPS) is 15.0. The van der Waals surface area contributed by atoms with E-state index in [0.29, 0.717) is 9.05 Å². The number of rotatable bonds is 5. The highest BCUT2D eigenvalue weighted by molar-refractivity contribution is 9.10. The monoisotopic (exact) mass is 441 g/mol. The lowest BCUT2D eigenvalue weighted by atomic mass is 10.2. The molecule has 1 saturated heterocycles. The van der Waals surface area contributed by atoms with E-state index in [1.54, 1.807) is 6.07 Å². The molecule has 7 heteroatoms. The zero-order valence-electron chi connectivity index (χ0n) is 13.3. The Kier molecular flexibility index (Phi) is 6.67. The molecule has 25 heavy (non-hydrogen) atoms. The summed E-state index contributed by atoms with van der Waals surface area (Å²) in [4.78, 5) is 12.1. The van der Waals surface area contributed by atoms with Crippen molar-refractivity contribution in [3.8, 4) is 5.75 Å². The molecule has 3 rings (SSSR count). The number of amides is 1. The average Bonchev–Trinajstić information content (AvgIpc) is 2.62. The Morgan fingerprint density at radius 2 is 2.04 bits per heavy atom. The molecular weight excluding hydrogens is 425 g/mol. The Bertz CT molecular complexity index is 754. The number of nitrogens with one attached hydrogen (secondary N) is 1. The van der Waals surface area contributed by atoms with Gasteiger partial charge in [-0.2, -0.15) is 0 Å². The Hall–Kier alpha value is -1.18. The molecule has 0 radical (unpaired) electrons. The largest absolute Gasteiger partial charge is 0.481 e. The fourth-order valence-electron chi connectivity index (χ4n) is 2.38. The third-order valence-electron chi connectivity index (χ3n) is 3.52. The van der Waals surface area contributed by atoms with E-state index in [1.807, 2.05) is 41.7 Å². The number of ether oxygens (including phenoxy) is 1. The van der Waals surface area contributed by atoms with Crippen molar-refractivity contribution in [1.82, 2.24) is 0 Å². The Morgan fingerprint density at radius 1 is 1.24 bits per heavy atom. The van der Waals surface area contributed by atoms with Gasteiger partial charge in [0.1, 0.15) is 0 Å². The van der Waals surface area contributed by atoms with Crippen LogP contribution in [0.1, 0.15) is 16.6 Å². The van der Waals surface area contributed by atoms with Gasteiger partial charge in [-0.3, -0.25) is 4.79 Å². The van der Waals surface area contributed by atoms with Gasteiger partial charge in [-0.05, 0) is 53.8 Å². The van der Waals surface area contributed by atoms with Crippen molar-refractivity contribution in [2.24, 2.45) is 0 Å². The highest BCUT2D eigenvalue weighted by Crippen LogP contribution is 2.44. The van der Waals surface area contributed by atoms with Gasteiger partial charge < -0.3 is 10.1 Å². The topological polar surface area (TPSA) is 38.3 Å². The van der Waals surface area contributed by atoms with Crippen LogP contribution in [-0.2, 0) is 4.79 Å². The molecule has 2 aromatic rings. The third kappa shape index (κ3) is 5.39. The van der Waals surface area contributed by atoms with Crippen molar-refractivity contribution in [1.29, 1.82) is 0 Å². The Morgan fingerprint density at radius 3 is 2.80 bits per heavy atom. The number of hydrogen-bond acceptors (Lipinski definition) is 4. The van der Waals surface area contributed by atoms with Crippen LogP contribution >= 0.6 is 39.5 Å². The summed E-state index contributed by atoms with van der Waals surface area (Å²) in [6.45, 7) is -0.240. The lowest BCUT2D eigenvalue weighted by Crippen LogP contribution is -2.20. The van der Waals surface area contributed by atoms with E-state index >= 15 is 0 Å². The smallest absolute Gasteiger partial charge is 0.262 e. The standard InChI is InChI=1S/C18H17BrFNO2S2/c19-13-5-6-16(15(20)10-13)23-11-17(22)21-14-4-1-3-12(9-14)18-24-7-2-8-25-18/h1,3-6,9-10,18H,2,7-8,11H2,(H,21,22). The van der Waals surface area contributed by atoms with Crippen LogP contribution in [0.4, 0.5) is 10.1 Å². The van der Waals surface area contributed by atoms with Crippen LogP contribution in [0.5, 0.6) is 5.75 Å². The highest BCUT2D eigenvalue weighted by Gasteiger charge is 2.17. The van der Waals surface area contributed by atoms with Crippen molar-refractivity contribution in [2.45, 2.75) is 11.0 Å². The van der Waals surface area contributed by atoms with E-state index < -0.39 is 5.82 Å². The quantitative estimate of drug-likeness (QED) is 0.666. The maximum absolute atomic E-state index is 13.7. The summed E-state index contributed by atoms with van der Waals surface area (Å²) in [5.41, 5.74) is 1.93. The lowest BCUT2D eigenvalue weighted by Gasteiger charge is -2.21. The minimum absolute atomic E-state index is 0.0575. The molecule has 1 aliphatic heterocycles. The van der Waals surface area contributed by atoms with Gasteiger partial charge in [0.25, 0.3) is 5.91 Å². The molecule has 1 heterocycles. The van der Waals surface area contributed by atoms with Gasteiger partial charge in [0.15, 0.2) is 18.2 Å². The second kappa shape index (κ2) is 8.96. The number of halogens is 2. The van der Waals surface area contributed by atoms with Crippen molar-refractivity contribution >= 4 is 51.0 Å². The summed E-state index contributed by atoms with van der Waals surface area (Å²) >= 11 is 7.05. The van der Waals surface area contributed by atoms with Gasteiger partial charge >= 0.3 is 0 Å². The maximum atomic E-state index is 13.7. The van der Waals surface area contributed by atoms with E-state index in [-0.39, 0.29) is 18.3 Å². The molecule has 1 N–H and O–H groups in total. The van der Waals surface area contributed by atoms with Crippen LogP contribution in [0.15, 0.2) is 46.9 Å². The van der Waals surface area contributed by atoms with Gasteiger partial charge in [-0.25, -0.2) is 4.39 Å². The van der Waals surface area contributed by atoms with E-state index in [9.17, 15) is 9.18 Å². The first-order chi connectivity index (χ1) is 12.1. The van der Waals surface area contributed by atoms with Crippen LogP contribution in [-0.4, -0.2) is 24.0 Å². The average molecular weight is 442 g/mol. The predicted molar refractivity (Wildman–Crippen MR) is 107 cm³/mol. The molecule has 1 fully saturated rings. The summed E-state index contributed by atoms with van der Waals surface area (Å²) in [5, 5.41) is 2.81. The number of hydrogen-bond donors (Lipinski definition) is 1. The first-order valence-corrected chi connectivity index (χ1v) is 10.7. The van der Waals surface area contributed by atoms with Gasteiger partial charge in [0, 0.05) is 10.2 Å². The number of carbonyl (C=O) groups excluding carboxylic acids is 1. The second-order valence-corrected chi connectivity index (χ2v) is 9.10. The van der Waals surface area contributed by atoms with Crippen molar-refractivity contribution in [3.05, 3.63) is 58.3 Å². The van der Waals surface area contributed by atoms with Crippen molar-refractivity contribution in [3.63, 3.8) is 0 Å². The Balaban J connectivity index is 1.57. The van der Waals surface area contributed by atoms with Crippen LogP contribution < -0.4 is 10.1 Å². The van der Waals surface area contributed by atoms with Crippen molar-refractivity contribution in [2.75, 3.05) is 23.4 Å². The van der Waals surface area contributed by atoms with Crippen molar-refractivity contribution < 1.29 is 13.9 Å². The molecular formula is C18H17BrFNO2S2. The summed E-state index contributed by atoms with van der Waals surface area (Å²) in [6, 6.07) is 12.3. The zero-order chi connectivity index (χ0) is 17.6. The number of benzene rings is 2. The highest BCUT2D eigenvalue weighted by atomic mass is 79.9. The summed E-state index contributed by atoms with van der Waals surface area (Å²) < 4.78 is 20.0. The molecule has 1 aliphatic rings. The van der Waals surface area contributed by atoms with Gasteiger partial charge in [-0.15, -0.1) is 23.5 Å². The molecule has 1 amide bonds. The van der Waals surface area contributed by atoms with Crippen LogP contribution in [0, 0.1) is 5.82 Å². The predicted octanol–water partition coefficient (Wildman–Crippen LogP) is 5.47. The minimum Gasteiger partial charge on any atom is -0.481 e. The van der Waals surface area contributed by atoms with Crippen LogP contribution in [0.25, 0.3) is 0 Å². The summed E-state index contributed by atoms with van der Waals surface area (Å²) in [6.07, 6.45) is 1.24. The number of thioether (sulfide) groups is 2. The summed E-state index contributed by atoms with van der Waals surface area (Å²) in [5.74, 6) is 1.57. The maximum Gasteiger partial charge on any atom is 0.262 e. The molecule has 0 aliphatic carbocycles. The fraction of sp³-hybridized carbons (Fsp3) is 0.278. The first kappa shape index (κ1) is 18.6. The van der Waals surface area contributed by atoms with E-state index in [4.69, 9.17) is 4.74 Å². The molecule has 3 nitrogen and oxygen atoms in total. The third-order valence-corrected chi connectivity index (χ3v) is 7.03. The van der Waals surface area contributed by atoms with Crippen LogP contribution in [0.3, 0.4) is 0 Å². The first-order valence-electron chi connectivity index (χ1n) is 7.83. The van der Waals surface area contributed by atoms with E-state index in [2.05, 4.69) is 27.3 Å². The minimum atomic E-state index is -0.504.